The Hall–Kier alpha value is -0.710. The summed E-state index contributed by atoms with van der Waals surface area (Å²) in [6.07, 6.45) is 0.940. The minimum atomic E-state index is 0.0448. The van der Waals surface area contributed by atoms with Crippen LogP contribution in [0.4, 0.5) is 0 Å². The van der Waals surface area contributed by atoms with E-state index in [9.17, 15) is 0 Å². The van der Waals surface area contributed by atoms with E-state index in [2.05, 4.69) is 22.5 Å². The number of aromatic nitrogens is 1. The normalized spacial score (nSPS) is 13.0. The summed E-state index contributed by atoms with van der Waals surface area (Å²) in [5.41, 5.74) is 6.75. The molecule has 0 amide bonds. The third kappa shape index (κ3) is 2.20. The van der Waals surface area contributed by atoms with Gasteiger partial charge in [0.15, 0.2) is 0 Å². The fourth-order valence-corrected chi connectivity index (χ4v) is 2.90. The molecule has 1 atom stereocenters. The highest BCUT2D eigenvalue weighted by atomic mass is 32.1. The molecular weight excluding hydrogens is 212 g/mol. The molecule has 4 heteroatoms. The van der Waals surface area contributed by atoms with Crippen LogP contribution in [0.15, 0.2) is 22.9 Å². The fourth-order valence-electron chi connectivity index (χ4n) is 1.18. The summed E-state index contributed by atoms with van der Waals surface area (Å²) in [4.78, 5) is 5.84. The lowest BCUT2D eigenvalue weighted by molar-refractivity contribution is 0.784. The summed E-state index contributed by atoms with van der Waals surface area (Å²) in [5.74, 6) is 0. The molecule has 0 aliphatic rings. The lowest BCUT2D eigenvalue weighted by Crippen LogP contribution is -2.05. The number of nitrogens with two attached hydrogens (primary N) is 1. The number of hydrogen-bond acceptors (Lipinski definition) is 4. The van der Waals surface area contributed by atoms with Crippen molar-refractivity contribution in [2.75, 3.05) is 0 Å². The van der Waals surface area contributed by atoms with Crippen LogP contribution < -0.4 is 5.73 Å². The van der Waals surface area contributed by atoms with E-state index < -0.39 is 0 Å². The molecule has 2 aromatic heterocycles. The molecule has 0 bridgehead atoms. The molecule has 0 aromatic carbocycles. The molecule has 0 aliphatic carbocycles. The van der Waals surface area contributed by atoms with Gasteiger partial charge in [0.2, 0.25) is 0 Å². The SMILES string of the molecule is CC(N)c1csc(Cc2cccs2)n1. The monoisotopic (exact) mass is 224 g/mol. The summed E-state index contributed by atoms with van der Waals surface area (Å²) < 4.78 is 0. The van der Waals surface area contributed by atoms with Gasteiger partial charge in [0, 0.05) is 22.7 Å². The Balaban J connectivity index is 2.11. The van der Waals surface area contributed by atoms with Crippen molar-refractivity contribution in [1.29, 1.82) is 0 Å². The second kappa shape index (κ2) is 4.21. The van der Waals surface area contributed by atoms with E-state index in [0.717, 1.165) is 17.1 Å². The molecule has 0 saturated heterocycles. The number of hydrogen-bond donors (Lipinski definition) is 1. The maximum absolute atomic E-state index is 5.75. The molecule has 74 valence electrons. The topological polar surface area (TPSA) is 38.9 Å². The molecule has 2 N–H and O–H groups in total. The first-order chi connectivity index (χ1) is 6.75. The Labute approximate surface area is 91.4 Å². The highest BCUT2D eigenvalue weighted by molar-refractivity contribution is 7.11. The van der Waals surface area contributed by atoms with Gasteiger partial charge in [-0.05, 0) is 18.4 Å². The zero-order chi connectivity index (χ0) is 9.97. The summed E-state index contributed by atoms with van der Waals surface area (Å²) in [5, 5.41) is 5.29. The number of thiazole rings is 1. The molecule has 0 spiro atoms. The molecule has 1 unspecified atom stereocenters. The number of nitrogens with zero attached hydrogens (tertiary/aromatic N) is 1. The van der Waals surface area contributed by atoms with Gasteiger partial charge >= 0.3 is 0 Å². The molecule has 0 saturated carbocycles. The molecule has 2 rings (SSSR count). The standard InChI is InChI=1S/C10H12N2S2/c1-7(11)9-6-14-10(12-9)5-8-3-2-4-13-8/h2-4,6-7H,5,11H2,1H3. The van der Waals surface area contributed by atoms with Crippen LogP contribution in [0.5, 0.6) is 0 Å². The zero-order valence-electron chi connectivity index (χ0n) is 7.93. The summed E-state index contributed by atoms with van der Waals surface area (Å²) >= 11 is 3.46. The largest absolute Gasteiger partial charge is 0.323 e. The molecule has 0 radical (unpaired) electrons. The van der Waals surface area contributed by atoms with Crippen LogP contribution in [0.3, 0.4) is 0 Å². The van der Waals surface area contributed by atoms with Crippen LogP contribution in [0.25, 0.3) is 0 Å². The molecule has 2 nitrogen and oxygen atoms in total. The summed E-state index contributed by atoms with van der Waals surface area (Å²) in [6, 6.07) is 4.25. The van der Waals surface area contributed by atoms with E-state index in [-0.39, 0.29) is 6.04 Å². The first-order valence-corrected chi connectivity index (χ1v) is 6.24. The maximum Gasteiger partial charge on any atom is 0.0981 e. The third-order valence-electron chi connectivity index (χ3n) is 1.94. The smallest absolute Gasteiger partial charge is 0.0981 e. The van der Waals surface area contributed by atoms with Crippen molar-refractivity contribution in [2.24, 2.45) is 5.73 Å². The average Bonchev–Trinajstić information content (AvgIpc) is 2.75. The first kappa shape index (κ1) is 9.83. The Morgan fingerprint density at radius 1 is 1.50 bits per heavy atom. The predicted octanol–water partition coefficient (Wildman–Crippen LogP) is 2.82. The van der Waals surface area contributed by atoms with Crippen molar-refractivity contribution < 1.29 is 0 Å². The highest BCUT2D eigenvalue weighted by Crippen LogP contribution is 2.20. The second-order valence-electron chi connectivity index (χ2n) is 3.21. The molecule has 0 aliphatic heterocycles. The lowest BCUT2D eigenvalue weighted by Gasteiger charge is -1.97. The van der Waals surface area contributed by atoms with Gasteiger partial charge in [0.25, 0.3) is 0 Å². The van der Waals surface area contributed by atoms with E-state index in [1.54, 1.807) is 22.7 Å². The lowest BCUT2D eigenvalue weighted by atomic mass is 10.3. The third-order valence-corrected chi connectivity index (χ3v) is 3.69. The van der Waals surface area contributed by atoms with Gasteiger partial charge in [-0.3, -0.25) is 0 Å². The highest BCUT2D eigenvalue weighted by Gasteiger charge is 2.06. The van der Waals surface area contributed by atoms with E-state index in [1.165, 1.54) is 4.88 Å². The summed E-state index contributed by atoms with van der Waals surface area (Å²) in [6.45, 7) is 1.96. The van der Waals surface area contributed by atoms with Gasteiger partial charge in [-0.1, -0.05) is 6.07 Å². The van der Waals surface area contributed by atoms with Gasteiger partial charge in [-0.15, -0.1) is 22.7 Å². The van der Waals surface area contributed by atoms with E-state index >= 15 is 0 Å². The van der Waals surface area contributed by atoms with Crippen molar-refractivity contribution >= 4 is 22.7 Å². The van der Waals surface area contributed by atoms with Crippen LogP contribution in [-0.4, -0.2) is 4.98 Å². The Bertz CT molecular complexity index is 390. The van der Waals surface area contributed by atoms with Gasteiger partial charge < -0.3 is 5.73 Å². The average molecular weight is 224 g/mol. The molecular formula is C10H12N2S2. The van der Waals surface area contributed by atoms with Crippen molar-refractivity contribution in [2.45, 2.75) is 19.4 Å². The van der Waals surface area contributed by atoms with Crippen molar-refractivity contribution in [3.63, 3.8) is 0 Å². The maximum atomic E-state index is 5.75. The van der Waals surface area contributed by atoms with Crippen molar-refractivity contribution in [1.82, 2.24) is 4.98 Å². The quantitative estimate of drug-likeness (QED) is 0.870. The Kier molecular flexibility index (Phi) is 2.96. The van der Waals surface area contributed by atoms with Gasteiger partial charge in [-0.2, -0.15) is 0 Å². The zero-order valence-corrected chi connectivity index (χ0v) is 9.57. The van der Waals surface area contributed by atoms with Crippen LogP contribution in [0.2, 0.25) is 0 Å². The van der Waals surface area contributed by atoms with Crippen molar-refractivity contribution in [3.05, 3.63) is 38.5 Å². The van der Waals surface area contributed by atoms with Crippen LogP contribution in [0.1, 0.15) is 28.5 Å². The molecule has 0 fully saturated rings. The van der Waals surface area contributed by atoms with Crippen LogP contribution >= 0.6 is 22.7 Å². The van der Waals surface area contributed by atoms with Crippen LogP contribution in [0, 0.1) is 0 Å². The Morgan fingerprint density at radius 2 is 2.36 bits per heavy atom. The van der Waals surface area contributed by atoms with E-state index in [0.29, 0.717) is 0 Å². The minimum absolute atomic E-state index is 0.0448. The van der Waals surface area contributed by atoms with Crippen LogP contribution in [-0.2, 0) is 6.42 Å². The number of rotatable bonds is 3. The molecule has 2 heterocycles. The number of thiophene rings is 1. The predicted molar refractivity (Wildman–Crippen MR) is 61.8 cm³/mol. The molecule has 14 heavy (non-hydrogen) atoms. The van der Waals surface area contributed by atoms with E-state index in [1.807, 2.05) is 12.3 Å². The Morgan fingerprint density at radius 3 is 2.93 bits per heavy atom. The van der Waals surface area contributed by atoms with Gasteiger partial charge in [0.1, 0.15) is 0 Å². The van der Waals surface area contributed by atoms with E-state index in [4.69, 9.17) is 5.73 Å². The minimum Gasteiger partial charge on any atom is -0.323 e. The molecule has 2 aromatic rings. The van der Waals surface area contributed by atoms with Crippen molar-refractivity contribution in [3.8, 4) is 0 Å². The fraction of sp³-hybridized carbons (Fsp3) is 0.300. The van der Waals surface area contributed by atoms with Gasteiger partial charge in [-0.25, -0.2) is 4.98 Å². The second-order valence-corrected chi connectivity index (χ2v) is 5.19. The van der Waals surface area contributed by atoms with Gasteiger partial charge in [0.05, 0.1) is 10.7 Å². The first-order valence-electron chi connectivity index (χ1n) is 4.48. The summed E-state index contributed by atoms with van der Waals surface area (Å²) in [7, 11) is 0.